The quantitative estimate of drug-likeness (QED) is 0.384. The number of carbonyl (C=O) groups is 2. The second kappa shape index (κ2) is 8.79. The molecule has 4 rings (SSSR count). The fourth-order valence-electron chi connectivity index (χ4n) is 3.54. The molecule has 0 aliphatic heterocycles. The van der Waals surface area contributed by atoms with Gasteiger partial charge in [0, 0.05) is 29.5 Å². The van der Waals surface area contributed by atoms with Gasteiger partial charge < -0.3 is 14.8 Å². The van der Waals surface area contributed by atoms with Crippen molar-refractivity contribution < 1.29 is 19.1 Å². The molecule has 1 amide bonds. The Morgan fingerprint density at radius 3 is 2.13 bits per heavy atom. The number of ether oxygens (including phenoxy) is 2. The molecule has 0 fully saturated rings. The Hall–Kier alpha value is -4.00. The van der Waals surface area contributed by atoms with Crippen molar-refractivity contribution in [3.63, 3.8) is 0 Å². The summed E-state index contributed by atoms with van der Waals surface area (Å²) in [6, 6.07) is 17.5. The Balaban J connectivity index is 1.71. The number of para-hydroxylation sites is 2. The standard InChI is InChI=1S/C24H21N3O4/c1-30-21-12-11-15(14-25-21)13-20(24(29)31-2)27-23(28)22-16-7-3-5-9-18(16)26-19-10-6-4-8-17(19)22/h3-12,14,20H,13H2,1-2H3,(H,27,28)/t20-/m0/s1. The fourth-order valence-corrected chi connectivity index (χ4v) is 3.54. The van der Waals surface area contributed by atoms with Crippen molar-refractivity contribution in [1.82, 2.24) is 15.3 Å². The van der Waals surface area contributed by atoms with Crippen LogP contribution in [0.25, 0.3) is 21.8 Å². The van der Waals surface area contributed by atoms with Crippen LogP contribution in [0.4, 0.5) is 0 Å². The molecule has 0 saturated heterocycles. The van der Waals surface area contributed by atoms with Gasteiger partial charge in [0.1, 0.15) is 6.04 Å². The Bertz CT molecular complexity index is 1200. The highest BCUT2D eigenvalue weighted by Gasteiger charge is 2.25. The molecule has 31 heavy (non-hydrogen) atoms. The van der Waals surface area contributed by atoms with Crippen LogP contribution in [-0.4, -0.2) is 42.1 Å². The topological polar surface area (TPSA) is 90.4 Å². The van der Waals surface area contributed by atoms with Crippen LogP contribution >= 0.6 is 0 Å². The number of nitrogens with zero attached hydrogens (tertiary/aromatic N) is 2. The van der Waals surface area contributed by atoms with Crippen LogP contribution in [0, 0.1) is 0 Å². The molecule has 0 saturated carbocycles. The van der Waals surface area contributed by atoms with E-state index in [2.05, 4.69) is 15.3 Å². The summed E-state index contributed by atoms with van der Waals surface area (Å²) in [5.41, 5.74) is 2.66. The molecule has 2 aromatic heterocycles. The minimum Gasteiger partial charge on any atom is -0.481 e. The Kier molecular flexibility index (Phi) is 5.75. The number of carbonyl (C=O) groups excluding carboxylic acids is 2. The number of hydrogen-bond donors (Lipinski definition) is 1. The summed E-state index contributed by atoms with van der Waals surface area (Å²) >= 11 is 0. The molecule has 0 radical (unpaired) electrons. The lowest BCUT2D eigenvalue weighted by atomic mass is 10.0. The zero-order chi connectivity index (χ0) is 21.8. The van der Waals surface area contributed by atoms with Gasteiger partial charge in [0.05, 0.1) is 30.8 Å². The predicted molar refractivity (Wildman–Crippen MR) is 117 cm³/mol. The van der Waals surface area contributed by atoms with Crippen molar-refractivity contribution in [2.45, 2.75) is 12.5 Å². The van der Waals surface area contributed by atoms with Crippen molar-refractivity contribution in [1.29, 1.82) is 0 Å². The second-order valence-corrected chi connectivity index (χ2v) is 6.98. The lowest BCUT2D eigenvalue weighted by molar-refractivity contribution is -0.142. The number of pyridine rings is 2. The van der Waals surface area contributed by atoms with Gasteiger partial charge in [-0.3, -0.25) is 4.79 Å². The van der Waals surface area contributed by atoms with E-state index < -0.39 is 12.0 Å². The zero-order valence-corrected chi connectivity index (χ0v) is 17.2. The van der Waals surface area contributed by atoms with E-state index in [1.54, 1.807) is 18.3 Å². The van der Waals surface area contributed by atoms with Gasteiger partial charge in [-0.25, -0.2) is 14.8 Å². The van der Waals surface area contributed by atoms with E-state index in [1.165, 1.54) is 14.2 Å². The minimum atomic E-state index is -0.876. The summed E-state index contributed by atoms with van der Waals surface area (Å²) < 4.78 is 10.00. The van der Waals surface area contributed by atoms with E-state index in [1.807, 2.05) is 48.5 Å². The third kappa shape index (κ3) is 4.16. The van der Waals surface area contributed by atoms with Crippen molar-refractivity contribution in [3.05, 3.63) is 78.0 Å². The molecule has 2 aromatic carbocycles. The molecular formula is C24H21N3O4. The van der Waals surface area contributed by atoms with Gasteiger partial charge in [0.15, 0.2) is 0 Å². The van der Waals surface area contributed by atoms with Gasteiger partial charge in [-0.1, -0.05) is 42.5 Å². The van der Waals surface area contributed by atoms with Gasteiger partial charge in [-0.2, -0.15) is 0 Å². The number of rotatable bonds is 6. The van der Waals surface area contributed by atoms with Crippen molar-refractivity contribution in [2.24, 2.45) is 0 Å². The molecule has 4 aromatic rings. The highest BCUT2D eigenvalue weighted by molar-refractivity contribution is 6.16. The largest absolute Gasteiger partial charge is 0.481 e. The van der Waals surface area contributed by atoms with E-state index in [0.717, 1.165) is 5.56 Å². The molecule has 0 bridgehead atoms. The van der Waals surface area contributed by atoms with Crippen LogP contribution in [0.15, 0.2) is 66.9 Å². The molecule has 0 aliphatic carbocycles. The average molecular weight is 415 g/mol. The smallest absolute Gasteiger partial charge is 0.328 e. The molecule has 0 unspecified atom stereocenters. The molecular weight excluding hydrogens is 394 g/mol. The number of aromatic nitrogens is 2. The van der Waals surface area contributed by atoms with Crippen molar-refractivity contribution >= 4 is 33.7 Å². The lowest BCUT2D eigenvalue weighted by Crippen LogP contribution is -2.43. The molecule has 1 atom stereocenters. The van der Waals surface area contributed by atoms with Gasteiger partial charge in [0.25, 0.3) is 5.91 Å². The number of methoxy groups -OCH3 is 2. The maximum Gasteiger partial charge on any atom is 0.328 e. The van der Waals surface area contributed by atoms with Gasteiger partial charge in [-0.05, 0) is 17.7 Å². The fraction of sp³-hybridized carbons (Fsp3) is 0.167. The molecule has 1 N–H and O–H groups in total. The van der Waals surface area contributed by atoms with E-state index in [9.17, 15) is 9.59 Å². The summed E-state index contributed by atoms with van der Waals surface area (Å²) in [6.07, 6.45) is 1.84. The number of nitrogens with one attached hydrogen (secondary N) is 1. The first kappa shape index (κ1) is 20.3. The third-order valence-corrected chi connectivity index (χ3v) is 5.05. The SMILES string of the molecule is COC(=O)[C@H](Cc1ccc(OC)nc1)NC(=O)c1c2ccccc2nc2ccccc12. The van der Waals surface area contributed by atoms with Crippen molar-refractivity contribution in [3.8, 4) is 5.88 Å². The summed E-state index contributed by atoms with van der Waals surface area (Å²) in [5, 5.41) is 4.28. The van der Waals surface area contributed by atoms with E-state index in [0.29, 0.717) is 33.2 Å². The van der Waals surface area contributed by atoms with Crippen LogP contribution in [-0.2, 0) is 16.0 Å². The number of esters is 1. The maximum atomic E-state index is 13.4. The molecule has 0 aliphatic rings. The number of benzene rings is 2. The lowest BCUT2D eigenvalue weighted by Gasteiger charge is -2.18. The Morgan fingerprint density at radius 1 is 0.935 bits per heavy atom. The molecule has 7 heteroatoms. The van der Waals surface area contributed by atoms with Crippen LogP contribution in [0.5, 0.6) is 5.88 Å². The third-order valence-electron chi connectivity index (χ3n) is 5.05. The van der Waals surface area contributed by atoms with Crippen LogP contribution < -0.4 is 10.1 Å². The van der Waals surface area contributed by atoms with Gasteiger partial charge in [-0.15, -0.1) is 0 Å². The number of amides is 1. The number of fused-ring (bicyclic) bond motifs is 2. The van der Waals surface area contributed by atoms with Crippen LogP contribution in [0.3, 0.4) is 0 Å². The summed E-state index contributed by atoms with van der Waals surface area (Å²) in [4.78, 5) is 34.7. The van der Waals surface area contributed by atoms with Gasteiger partial charge >= 0.3 is 5.97 Å². The number of hydrogen-bond acceptors (Lipinski definition) is 6. The molecule has 0 spiro atoms. The summed E-state index contributed by atoms with van der Waals surface area (Å²) in [7, 11) is 2.83. The van der Waals surface area contributed by atoms with E-state index in [-0.39, 0.29) is 12.3 Å². The molecule has 7 nitrogen and oxygen atoms in total. The van der Waals surface area contributed by atoms with Crippen molar-refractivity contribution in [2.75, 3.05) is 14.2 Å². The molecule has 156 valence electrons. The Morgan fingerprint density at radius 2 is 1.58 bits per heavy atom. The predicted octanol–water partition coefficient (Wildman–Crippen LogP) is 3.31. The monoisotopic (exact) mass is 415 g/mol. The average Bonchev–Trinajstić information content (AvgIpc) is 2.81. The first-order valence-electron chi connectivity index (χ1n) is 9.76. The summed E-state index contributed by atoms with van der Waals surface area (Å²) in [5.74, 6) is -0.435. The molecule has 2 heterocycles. The summed E-state index contributed by atoms with van der Waals surface area (Å²) in [6.45, 7) is 0. The van der Waals surface area contributed by atoms with E-state index in [4.69, 9.17) is 9.47 Å². The maximum absolute atomic E-state index is 13.4. The normalized spacial score (nSPS) is 11.8. The minimum absolute atomic E-state index is 0.232. The van der Waals surface area contributed by atoms with E-state index >= 15 is 0 Å². The Labute approximate surface area is 179 Å². The van der Waals surface area contributed by atoms with Gasteiger partial charge in [0.2, 0.25) is 5.88 Å². The first-order valence-corrected chi connectivity index (χ1v) is 9.76. The zero-order valence-electron chi connectivity index (χ0n) is 17.2. The highest BCUT2D eigenvalue weighted by Crippen LogP contribution is 2.26. The first-order chi connectivity index (χ1) is 15.1. The second-order valence-electron chi connectivity index (χ2n) is 6.98. The van der Waals surface area contributed by atoms with Crippen LogP contribution in [0.2, 0.25) is 0 Å². The highest BCUT2D eigenvalue weighted by atomic mass is 16.5. The van der Waals surface area contributed by atoms with Crippen LogP contribution in [0.1, 0.15) is 15.9 Å².